The van der Waals surface area contributed by atoms with E-state index >= 15 is 0 Å². The van der Waals surface area contributed by atoms with Crippen LogP contribution in [-0.2, 0) is 4.79 Å². The molecule has 1 atom stereocenters. The van der Waals surface area contributed by atoms with Crippen molar-refractivity contribution in [2.75, 3.05) is 25.1 Å². The van der Waals surface area contributed by atoms with E-state index in [1.54, 1.807) is 0 Å². The van der Waals surface area contributed by atoms with Gasteiger partial charge in [-0.15, -0.1) is 0 Å². The highest BCUT2D eigenvalue weighted by atomic mass is 16.5. The fourth-order valence-corrected chi connectivity index (χ4v) is 1.51. The molecule has 0 aliphatic heterocycles. The van der Waals surface area contributed by atoms with Gasteiger partial charge in [-0.25, -0.2) is 0 Å². The molecule has 0 aliphatic carbocycles. The summed E-state index contributed by atoms with van der Waals surface area (Å²) in [4.78, 5) is 10.9. The summed E-state index contributed by atoms with van der Waals surface area (Å²) in [5.74, 6) is 0.857. The van der Waals surface area contributed by atoms with Crippen LogP contribution in [0.25, 0.3) is 0 Å². The summed E-state index contributed by atoms with van der Waals surface area (Å²) >= 11 is 0. The maximum Gasteiger partial charge on any atom is 0.236 e. The Morgan fingerprint density at radius 2 is 2.00 bits per heavy atom. The van der Waals surface area contributed by atoms with E-state index < -0.39 is 11.9 Å². The average Bonchev–Trinajstić information content (AvgIpc) is 2.38. The molecule has 1 rings (SSSR count). The van der Waals surface area contributed by atoms with E-state index in [2.05, 4.69) is 5.32 Å². The van der Waals surface area contributed by atoms with E-state index in [0.29, 0.717) is 19.0 Å². The first kappa shape index (κ1) is 15.1. The Kier molecular flexibility index (Phi) is 5.95. The third-order valence-corrected chi connectivity index (χ3v) is 2.44. The van der Waals surface area contributed by atoms with Gasteiger partial charge in [-0.3, -0.25) is 4.79 Å². The smallest absolute Gasteiger partial charge is 0.236 e. The second-order valence-corrected chi connectivity index (χ2v) is 3.91. The molecule has 0 aromatic heterocycles. The molecule has 0 saturated carbocycles. The van der Waals surface area contributed by atoms with Crippen LogP contribution < -0.4 is 26.3 Å². The Balaban J connectivity index is 2.81. The fourth-order valence-electron chi connectivity index (χ4n) is 1.51. The van der Waals surface area contributed by atoms with Crippen LogP contribution in [0, 0.1) is 0 Å². The first-order chi connectivity index (χ1) is 9.08. The zero-order valence-corrected chi connectivity index (χ0v) is 11.3. The largest absolute Gasteiger partial charge is 0.494 e. The molecule has 0 spiro atoms. The highest BCUT2D eigenvalue weighted by Gasteiger charge is 2.11. The number of ether oxygens (including phenoxy) is 2. The molecular formula is C13H21N3O3. The highest BCUT2D eigenvalue weighted by Crippen LogP contribution is 2.29. The molecule has 0 radical (unpaired) electrons. The lowest BCUT2D eigenvalue weighted by atomic mass is 10.2. The van der Waals surface area contributed by atoms with Gasteiger partial charge in [0.2, 0.25) is 5.91 Å². The average molecular weight is 267 g/mol. The fraction of sp³-hybridized carbons (Fsp3) is 0.462. The van der Waals surface area contributed by atoms with Gasteiger partial charge in [-0.05, 0) is 26.0 Å². The van der Waals surface area contributed by atoms with Crippen molar-refractivity contribution >= 4 is 11.6 Å². The Bertz CT molecular complexity index is 424. The number of carbonyl (C=O) groups excluding carboxylic acids is 1. The molecule has 5 N–H and O–H groups in total. The Morgan fingerprint density at radius 1 is 1.32 bits per heavy atom. The molecule has 106 valence electrons. The maximum absolute atomic E-state index is 10.9. The predicted octanol–water partition coefficient (Wildman–Crippen LogP) is 0.708. The van der Waals surface area contributed by atoms with Crippen molar-refractivity contribution in [1.82, 2.24) is 0 Å². The molecule has 1 aromatic rings. The number of amides is 1. The van der Waals surface area contributed by atoms with Crippen molar-refractivity contribution in [3.05, 3.63) is 18.2 Å². The van der Waals surface area contributed by atoms with Crippen LogP contribution in [0.15, 0.2) is 18.2 Å². The Morgan fingerprint density at radius 3 is 2.58 bits per heavy atom. The lowest BCUT2D eigenvalue weighted by molar-refractivity contribution is -0.118. The lowest BCUT2D eigenvalue weighted by Gasteiger charge is -2.15. The molecule has 0 aliphatic rings. The van der Waals surface area contributed by atoms with Crippen molar-refractivity contribution in [3.63, 3.8) is 0 Å². The molecule has 6 heteroatoms. The van der Waals surface area contributed by atoms with Gasteiger partial charge in [-0.1, -0.05) is 0 Å². The molecular weight excluding hydrogens is 246 g/mol. The number of anilines is 1. The van der Waals surface area contributed by atoms with Crippen molar-refractivity contribution in [2.24, 2.45) is 11.5 Å². The van der Waals surface area contributed by atoms with Gasteiger partial charge in [0.25, 0.3) is 0 Å². The number of carbonyl (C=O) groups is 1. The summed E-state index contributed by atoms with van der Waals surface area (Å²) in [6.45, 7) is 5.17. The Labute approximate surface area is 113 Å². The van der Waals surface area contributed by atoms with E-state index in [1.165, 1.54) is 0 Å². The van der Waals surface area contributed by atoms with E-state index in [9.17, 15) is 4.79 Å². The number of benzene rings is 1. The van der Waals surface area contributed by atoms with Crippen LogP contribution >= 0.6 is 0 Å². The second-order valence-electron chi connectivity index (χ2n) is 3.91. The van der Waals surface area contributed by atoms with Crippen molar-refractivity contribution < 1.29 is 14.3 Å². The molecule has 0 saturated heterocycles. The minimum absolute atomic E-state index is 0.241. The first-order valence-electron chi connectivity index (χ1n) is 6.26. The minimum atomic E-state index is -0.745. The molecule has 1 aromatic carbocycles. The molecule has 0 bridgehead atoms. The van der Waals surface area contributed by atoms with Gasteiger partial charge in [0.05, 0.1) is 18.9 Å². The number of nitrogens with two attached hydrogens (primary N) is 2. The summed E-state index contributed by atoms with van der Waals surface area (Å²) in [7, 11) is 0. The van der Waals surface area contributed by atoms with Gasteiger partial charge in [-0.2, -0.15) is 0 Å². The number of rotatable bonds is 8. The molecule has 0 heterocycles. The van der Waals surface area contributed by atoms with Crippen molar-refractivity contribution in [1.29, 1.82) is 0 Å². The first-order valence-corrected chi connectivity index (χ1v) is 6.26. The topological polar surface area (TPSA) is 99.6 Å². The van der Waals surface area contributed by atoms with Crippen molar-refractivity contribution in [2.45, 2.75) is 19.9 Å². The normalized spacial score (nSPS) is 11.7. The molecule has 1 unspecified atom stereocenters. The minimum Gasteiger partial charge on any atom is -0.494 e. The number of primary amides is 1. The van der Waals surface area contributed by atoms with Gasteiger partial charge in [0, 0.05) is 12.6 Å². The predicted molar refractivity (Wildman–Crippen MR) is 74.4 cm³/mol. The summed E-state index contributed by atoms with van der Waals surface area (Å²) in [5, 5.41) is 3.05. The van der Waals surface area contributed by atoms with E-state index in [1.807, 2.05) is 32.0 Å². The standard InChI is InChI=1S/C13H21N3O3/c1-3-18-9-5-6-12(19-4-2)11(7-9)16-8-10(14)13(15)17/h5-7,10,16H,3-4,8,14H2,1-2H3,(H2,15,17). The second kappa shape index (κ2) is 7.48. The molecule has 6 nitrogen and oxygen atoms in total. The third-order valence-electron chi connectivity index (χ3n) is 2.44. The van der Waals surface area contributed by atoms with Crippen LogP contribution in [0.4, 0.5) is 5.69 Å². The van der Waals surface area contributed by atoms with Gasteiger partial charge < -0.3 is 26.3 Å². The summed E-state index contributed by atoms with van der Waals surface area (Å²) in [5.41, 5.74) is 11.4. The van der Waals surface area contributed by atoms with Crippen LogP contribution in [0.3, 0.4) is 0 Å². The SMILES string of the molecule is CCOc1ccc(OCC)c(NCC(N)C(N)=O)c1. The van der Waals surface area contributed by atoms with Crippen molar-refractivity contribution in [3.8, 4) is 11.5 Å². The lowest BCUT2D eigenvalue weighted by Crippen LogP contribution is -2.41. The molecule has 0 fully saturated rings. The van der Waals surface area contributed by atoms with Crippen LogP contribution in [0.5, 0.6) is 11.5 Å². The monoisotopic (exact) mass is 267 g/mol. The molecule has 1 amide bonds. The van der Waals surface area contributed by atoms with Gasteiger partial charge in [0.15, 0.2) is 0 Å². The Hall–Kier alpha value is -1.95. The molecule has 19 heavy (non-hydrogen) atoms. The zero-order valence-electron chi connectivity index (χ0n) is 11.3. The number of nitrogens with one attached hydrogen (secondary N) is 1. The van der Waals surface area contributed by atoms with Gasteiger partial charge >= 0.3 is 0 Å². The van der Waals surface area contributed by atoms with E-state index in [-0.39, 0.29) is 6.54 Å². The third kappa shape index (κ3) is 4.67. The number of hydrogen-bond acceptors (Lipinski definition) is 5. The summed E-state index contributed by atoms with van der Waals surface area (Å²) in [6.07, 6.45) is 0. The summed E-state index contributed by atoms with van der Waals surface area (Å²) in [6, 6.07) is 4.70. The quantitative estimate of drug-likeness (QED) is 0.644. The van der Waals surface area contributed by atoms with Gasteiger partial charge in [0.1, 0.15) is 17.5 Å². The highest BCUT2D eigenvalue weighted by molar-refractivity contribution is 5.80. The van der Waals surface area contributed by atoms with Crippen LogP contribution in [0.2, 0.25) is 0 Å². The maximum atomic E-state index is 10.9. The van der Waals surface area contributed by atoms with Crippen LogP contribution in [-0.4, -0.2) is 31.7 Å². The van der Waals surface area contributed by atoms with Crippen LogP contribution in [0.1, 0.15) is 13.8 Å². The zero-order chi connectivity index (χ0) is 14.3. The van der Waals surface area contributed by atoms with E-state index in [0.717, 1.165) is 11.4 Å². The number of hydrogen-bond donors (Lipinski definition) is 3. The summed E-state index contributed by atoms with van der Waals surface area (Å²) < 4.78 is 10.9. The van der Waals surface area contributed by atoms with E-state index in [4.69, 9.17) is 20.9 Å².